The van der Waals surface area contributed by atoms with E-state index in [1.165, 1.54) is 25.9 Å². The van der Waals surface area contributed by atoms with E-state index in [0.29, 0.717) is 0 Å². The van der Waals surface area contributed by atoms with Gasteiger partial charge in [-0.15, -0.1) is 24.0 Å². The van der Waals surface area contributed by atoms with E-state index < -0.39 is 0 Å². The molecule has 2 N–H and O–H groups in total. The van der Waals surface area contributed by atoms with Gasteiger partial charge in [0.15, 0.2) is 5.96 Å². The van der Waals surface area contributed by atoms with Crippen molar-refractivity contribution in [1.82, 2.24) is 20.5 Å². The maximum absolute atomic E-state index is 5.62. The van der Waals surface area contributed by atoms with E-state index in [4.69, 9.17) is 4.74 Å². The van der Waals surface area contributed by atoms with Crippen LogP contribution in [0.1, 0.15) is 31.4 Å². The fraction of sp³-hybridized carbons (Fsp3) is 0.684. The number of rotatable bonds is 6. The van der Waals surface area contributed by atoms with E-state index in [0.717, 1.165) is 57.2 Å². The molecular weight excluding hydrogens is 441 g/mol. The second-order valence-electron chi connectivity index (χ2n) is 6.95. The molecule has 146 valence electrons. The van der Waals surface area contributed by atoms with Crippen molar-refractivity contribution in [2.75, 3.05) is 46.4 Å². The summed E-state index contributed by atoms with van der Waals surface area (Å²) in [6.07, 6.45) is 7.58. The highest BCUT2D eigenvalue weighted by molar-refractivity contribution is 14.0. The van der Waals surface area contributed by atoms with Crippen LogP contribution < -0.4 is 10.6 Å². The summed E-state index contributed by atoms with van der Waals surface area (Å²) in [7, 11) is 1.84. The largest absolute Gasteiger partial charge is 0.381 e. The monoisotopic (exact) mass is 473 g/mol. The van der Waals surface area contributed by atoms with E-state index in [1.807, 2.05) is 25.4 Å². The average Bonchev–Trinajstić information content (AvgIpc) is 3.21. The molecule has 1 aromatic rings. The van der Waals surface area contributed by atoms with E-state index in [2.05, 4.69) is 31.6 Å². The van der Waals surface area contributed by atoms with E-state index in [9.17, 15) is 0 Å². The maximum Gasteiger partial charge on any atom is 0.191 e. The SMILES string of the molecule is CN=C(NCCc1ccccn1)NCC1(N2CCCC2)CCOCC1.I. The molecule has 0 spiro atoms. The van der Waals surface area contributed by atoms with Crippen LogP contribution in [0, 0.1) is 0 Å². The third-order valence-electron chi connectivity index (χ3n) is 5.41. The lowest BCUT2D eigenvalue weighted by atomic mass is 9.88. The van der Waals surface area contributed by atoms with Gasteiger partial charge < -0.3 is 15.4 Å². The average molecular weight is 473 g/mol. The van der Waals surface area contributed by atoms with Gasteiger partial charge in [-0.2, -0.15) is 0 Å². The van der Waals surface area contributed by atoms with Gasteiger partial charge in [-0.25, -0.2) is 0 Å². The van der Waals surface area contributed by atoms with Gasteiger partial charge in [-0.05, 0) is 50.9 Å². The van der Waals surface area contributed by atoms with Crippen LogP contribution in [0.3, 0.4) is 0 Å². The summed E-state index contributed by atoms with van der Waals surface area (Å²) in [5, 5.41) is 6.98. The number of ether oxygens (including phenoxy) is 1. The molecule has 3 heterocycles. The normalized spacial score (nSPS) is 20.4. The van der Waals surface area contributed by atoms with Gasteiger partial charge in [-0.3, -0.25) is 14.9 Å². The third-order valence-corrected chi connectivity index (χ3v) is 5.41. The van der Waals surface area contributed by atoms with Crippen molar-refractivity contribution in [2.45, 2.75) is 37.6 Å². The topological polar surface area (TPSA) is 61.8 Å². The first-order valence-electron chi connectivity index (χ1n) is 9.50. The Kier molecular flexibility index (Phi) is 9.07. The van der Waals surface area contributed by atoms with Crippen LogP contribution >= 0.6 is 24.0 Å². The Balaban J connectivity index is 0.00000243. The quantitative estimate of drug-likeness (QED) is 0.376. The molecule has 2 fully saturated rings. The second-order valence-corrected chi connectivity index (χ2v) is 6.95. The smallest absolute Gasteiger partial charge is 0.191 e. The number of pyridine rings is 1. The highest BCUT2D eigenvalue weighted by Crippen LogP contribution is 2.30. The number of halogens is 1. The van der Waals surface area contributed by atoms with Gasteiger partial charge in [-0.1, -0.05) is 6.07 Å². The van der Waals surface area contributed by atoms with Gasteiger partial charge in [0.25, 0.3) is 0 Å². The fourth-order valence-electron chi connectivity index (χ4n) is 3.87. The maximum atomic E-state index is 5.62. The number of nitrogens with one attached hydrogen (secondary N) is 2. The summed E-state index contributed by atoms with van der Waals surface area (Å²) < 4.78 is 5.62. The number of likely N-dealkylation sites (tertiary alicyclic amines) is 1. The Hall–Kier alpha value is -0.930. The van der Waals surface area contributed by atoms with E-state index in [1.54, 1.807) is 0 Å². The molecule has 1 aromatic heterocycles. The molecular formula is C19H32IN5O. The molecule has 7 heteroatoms. The third kappa shape index (κ3) is 5.79. The van der Waals surface area contributed by atoms with Crippen LogP contribution in [0.4, 0.5) is 0 Å². The summed E-state index contributed by atoms with van der Waals surface area (Å²) in [6, 6.07) is 6.03. The van der Waals surface area contributed by atoms with Crippen molar-refractivity contribution in [3.05, 3.63) is 30.1 Å². The van der Waals surface area contributed by atoms with Gasteiger partial charge >= 0.3 is 0 Å². The van der Waals surface area contributed by atoms with Crippen LogP contribution in [-0.2, 0) is 11.2 Å². The zero-order valence-corrected chi connectivity index (χ0v) is 18.1. The summed E-state index contributed by atoms with van der Waals surface area (Å²) in [5.74, 6) is 0.876. The predicted octanol–water partition coefficient (Wildman–Crippen LogP) is 2.05. The second kappa shape index (κ2) is 11.0. The lowest BCUT2D eigenvalue weighted by Crippen LogP contribution is -2.58. The van der Waals surface area contributed by atoms with Crippen LogP contribution in [0.15, 0.2) is 29.4 Å². The lowest BCUT2D eigenvalue weighted by Gasteiger charge is -2.45. The molecule has 0 aromatic carbocycles. The molecule has 0 radical (unpaired) electrons. The standard InChI is InChI=1S/C19H31N5O.HI/c1-20-18(22-11-7-17-6-2-3-10-21-17)23-16-19(8-14-25-15-9-19)24-12-4-5-13-24;/h2-3,6,10H,4-5,7-9,11-16H2,1H3,(H2,20,22,23);1H. The first-order chi connectivity index (χ1) is 12.3. The minimum Gasteiger partial charge on any atom is -0.381 e. The molecule has 0 aliphatic carbocycles. The Labute approximate surface area is 174 Å². The number of aromatic nitrogens is 1. The minimum atomic E-state index is 0. The van der Waals surface area contributed by atoms with Gasteiger partial charge in [0.05, 0.1) is 0 Å². The van der Waals surface area contributed by atoms with Crippen LogP contribution in [-0.4, -0.2) is 67.8 Å². The van der Waals surface area contributed by atoms with Crippen molar-refractivity contribution < 1.29 is 4.74 Å². The first-order valence-corrected chi connectivity index (χ1v) is 9.50. The zero-order valence-electron chi connectivity index (χ0n) is 15.7. The van der Waals surface area contributed by atoms with E-state index in [-0.39, 0.29) is 29.5 Å². The molecule has 3 rings (SSSR count). The van der Waals surface area contributed by atoms with Crippen LogP contribution in [0.25, 0.3) is 0 Å². The first kappa shape index (κ1) is 21.4. The Morgan fingerprint density at radius 3 is 2.65 bits per heavy atom. The van der Waals surface area contributed by atoms with Crippen molar-refractivity contribution in [3.8, 4) is 0 Å². The number of guanidine groups is 1. The summed E-state index contributed by atoms with van der Waals surface area (Å²) >= 11 is 0. The van der Waals surface area contributed by atoms with Crippen molar-refractivity contribution >= 4 is 29.9 Å². The Morgan fingerprint density at radius 1 is 1.23 bits per heavy atom. The summed E-state index contributed by atoms with van der Waals surface area (Å²) in [5.41, 5.74) is 1.32. The molecule has 0 unspecified atom stereocenters. The summed E-state index contributed by atoms with van der Waals surface area (Å²) in [6.45, 7) is 5.92. The van der Waals surface area contributed by atoms with Crippen molar-refractivity contribution in [1.29, 1.82) is 0 Å². The molecule has 0 atom stereocenters. The molecule has 2 aliphatic rings. The highest BCUT2D eigenvalue weighted by atomic mass is 127. The summed E-state index contributed by atoms with van der Waals surface area (Å²) in [4.78, 5) is 11.4. The van der Waals surface area contributed by atoms with Crippen molar-refractivity contribution in [2.24, 2.45) is 4.99 Å². The zero-order chi connectivity index (χ0) is 17.4. The lowest BCUT2D eigenvalue weighted by molar-refractivity contribution is -0.0164. The van der Waals surface area contributed by atoms with Crippen LogP contribution in [0.2, 0.25) is 0 Å². The number of aliphatic imine (C=N–C) groups is 1. The predicted molar refractivity (Wildman–Crippen MR) is 116 cm³/mol. The van der Waals surface area contributed by atoms with E-state index >= 15 is 0 Å². The molecule has 0 amide bonds. The highest BCUT2D eigenvalue weighted by Gasteiger charge is 2.39. The Morgan fingerprint density at radius 2 is 2.00 bits per heavy atom. The molecule has 0 saturated carbocycles. The molecule has 0 bridgehead atoms. The van der Waals surface area contributed by atoms with Gasteiger partial charge in [0, 0.05) is 57.2 Å². The van der Waals surface area contributed by atoms with Gasteiger partial charge in [0.1, 0.15) is 0 Å². The molecule has 2 saturated heterocycles. The van der Waals surface area contributed by atoms with Crippen molar-refractivity contribution in [3.63, 3.8) is 0 Å². The molecule has 2 aliphatic heterocycles. The van der Waals surface area contributed by atoms with Crippen LogP contribution in [0.5, 0.6) is 0 Å². The molecule has 6 nitrogen and oxygen atoms in total. The number of nitrogens with zero attached hydrogens (tertiary/aromatic N) is 3. The number of hydrogen-bond donors (Lipinski definition) is 2. The fourth-order valence-corrected chi connectivity index (χ4v) is 3.87. The van der Waals surface area contributed by atoms with Gasteiger partial charge in [0.2, 0.25) is 0 Å². The minimum absolute atomic E-state index is 0. The Bertz CT molecular complexity index is 542. The molecule has 26 heavy (non-hydrogen) atoms. The number of hydrogen-bond acceptors (Lipinski definition) is 4.